The van der Waals surface area contributed by atoms with Gasteiger partial charge in [0.2, 0.25) is 0 Å². The van der Waals surface area contributed by atoms with E-state index in [1.54, 1.807) is 26.0 Å². The Labute approximate surface area is 98.2 Å². The van der Waals surface area contributed by atoms with Crippen LogP contribution in [0.1, 0.15) is 29.5 Å². The number of carboxylic acids is 1. The van der Waals surface area contributed by atoms with E-state index in [-0.39, 0.29) is 5.69 Å². The number of aryl methyl sites for hydroxylation is 2. The van der Waals surface area contributed by atoms with Crippen molar-refractivity contribution in [3.05, 3.63) is 38.9 Å². The lowest BCUT2D eigenvalue weighted by Gasteiger charge is -2.12. The molecule has 0 atom stereocenters. The van der Waals surface area contributed by atoms with Gasteiger partial charge in [0.1, 0.15) is 0 Å². The highest BCUT2D eigenvalue weighted by atomic mass is 16.6. The fraction of sp³-hybridized carbons (Fsp3) is 0.417. The van der Waals surface area contributed by atoms with Crippen LogP contribution in [0.4, 0.5) is 5.69 Å². The summed E-state index contributed by atoms with van der Waals surface area (Å²) in [5.41, 5.74) is 1.01. The number of nitro groups is 1. The van der Waals surface area contributed by atoms with E-state index in [0.717, 1.165) is 0 Å². The van der Waals surface area contributed by atoms with Crippen LogP contribution in [0.25, 0.3) is 0 Å². The monoisotopic (exact) mass is 235 g/mol. The van der Waals surface area contributed by atoms with E-state index in [4.69, 9.17) is 0 Å². The minimum atomic E-state index is -0.842. The second-order valence-corrected chi connectivity index (χ2v) is 4.60. The first kappa shape index (κ1) is 11.6. The predicted octanol–water partition coefficient (Wildman–Crippen LogP) is 2.33. The van der Waals surface area contributed by atoms with Gasteiger partial charge in [-0.3, -0.25) is 14.9 Å². The van der Waals surface area contributed by atoms with Crippen LogP contribution in [0.2, 0.25) is 0 Å². The lowest BCUT2D eigenvalue weighted by molar-refractivity contribution is -0.386. The molecular weight excluding hydrogens is 222 g/mol. The first-order chi connectivity index (χ1) is 7.88. The fourth-order valence-corrected chi connectivity index (χ4v) is 2.27. The van der Waals surface area contributed by atoms with Gasteiger partial charge in [0.15, 0.2) is 0 Å². The molecule has 5 nitrogen and oxygen atoms in total. The molecule has 0 amide bonds. The van der Waals surface area contributed by atoms with Crippen molar-refractivity contribution in [3.8, 4) is 0 Å². The summed E-state index contributed by atoms with van der Waals surface area (Å²) in [6, 6.07) is 3.26. The van der Waals surface area contributed by atoms with E-state index in [0.29, 0.717) is 29.5 Å². The van der Waals surface area contributed by atoms with Gasteiger partial charge in [0.05, 0.1) is 10.3 Å². The van der Waals surface area contributed by atoms with Crippen molar-refractivity contribution in [2.24, 2.45) is 0 Å². The zero-order chi connectivity index (χ0) is 12.8. The number of hydrogen-bond acceptors (Lipinski definition) is 3. The highest BCUT2D eigenvalue weighted by Crippen LogP contribution is 2.49. The van der Waals surface area contributed by atoms with Gasteiger partial charge in [-0.1, -0.05) is 0 Å². The van der Waals surface area contributed by atoms with Crippen LogP contribution in [0, 0.1) is 24.0 Å². The maximum Gasteiger partial charge on any atom is 0.314 e. The summed E-state index contributed by atoms with van der Waals surface area (Å²) in [7, 11) is 0. The molecule has 1 aromatic carbocycles. The molecule has 0 unspecified atom stereocenters. The number of aliphatic carboxylic acids is 1. The van der Waals surface area contributed by atoms with Crippen LogP contribution in [0.15, 0.2) is 12.1 Å². The molecular formula is C12H13NO4. The Morgan fingerprint density at radius 1 is 1.35 bits per heavy atom. The van der Waals surface area contributed by atoms with E-state index in [1.807, 2.05) is 0 Å². The normalized spacial score (nSPS) is 16.6. The van der Waals surface area contributed by atoms with Gasteiger partial charge in [-0.05, 0) is 44.4 Å². The molecule has 5 heteroatoms. The van der Waals surface area contributed by atoms with Crippen molar-refractivity contribution in [2.45, 2.75) is 32.1 Å². The summed E-state index contributed by atoms with van der Waals surface area (Å²) in [5, 5.41) is 20.0. The largest absolute Gasteiger partial charge is 0.481 e. The Morgan fingerprint density at radius 3 is 2.12 bits per heavy atom. The molecule has 0 aromatic heterocycles. The number of nitrogens with zero attached hydrogens (tertiary/aromatic N) is 1. The molecule has 1 aliphatic rings. The molecule has 17 heavy (non-hydrogen) atoms. The highest BCUT2D eigenvalue weighted by Gasteiger charge is 2.52. The number of benzene rings is 1. The molecule has 2 rings (SSSR count). The third-order valence-corrected chi connectivity index (χ3v) is 3.39. The zero-order valence-electron chi connectivity index (χ0n) is 9.69. The van der Waals surface area contributed by atoms with Crippen molar-refractivity contribution in [2.75, 3.05) is 0 Å². The minimum absolute atomic E-state index is 0.0786. The number of rotatable bonds is 3. The molecule has 90 valence electrons. The highest BCUT2D eigenvalue weighted by molar-refractivity contribution is 5.85. The molecule has 0 aliphatic heterocycles. The summed E-state index contributed by atoms with van der Waals surface area (Å²) in [6.07, 6.45) is 1.22. The topological polar surface area (TPSA) is 80.4 Å². The standard InChI is InChI=1S/C12H13NO4/c1-7-5-9(12(3-4-12)11(14)15)6-8(2)10(7)13(16)17/h5-6H,3-4H2,1-2H3,(H,14,15). The van der Waals surface area contributed by atoms with Crippen LogP contribution in [0.3, 0.4) is 0 Å². The van der Waals surface area contributed by atoms with Crippen molar-refractivity contribution < 1.29 is 14.8 Å². The predicted molar refractivity (Wildman–Crippen MR) is 61.1 cm³/mol. The Hall–Kier alpha value is -1.91. The molecule has 1 fully saturated rings. The van der Waals surface area contributed by atoms with Crippen LogP contribution in [-0.4, -0.2) is 16.0 Å². The molecule has 1 aliphatic carbocycles. The van der Waals surface area contributed by atoms with E-state index in [2.05, 4.69) is 0 Å². The molecule has 0 heterocycles. The second-order valence-electron chi connectivity index (χ2n) is 4.60. The van der Waals surface area contributed by atoms with Crippen LogP contribution in [0.5, 0.6) is 0 Å². The van der Waals surface area contributed by atoms with E-state index < -0.39 is 16.3 Å². The summed E-state index contributed by atoms with van der Waals surface area (Å²) in [4.78, 5) is 21.6. The maximum absolute atomic E-state index is 11.2. The molecule has 1 N–H and O–H groups in total. The fourth-order valence-electron chi connectivity index (χ4n) is 2.27. The Morgan fingerprint density at radius 2 is 1.82 bits per heavy atom. The molecule has 0 bridgehead atoms. The third kappa shape index (κ3) is 1.67. The number of hydrogen-bond donors (Lipinski definition) is 1. The van der Waals surface area contributed by atoms with Gasteiger partial charge in [0.25, 0.3) is 5.69 Å². The van der Waals surface area contributed by atoms with Crippen LogP contribution >= 0.6 is 0 Å². The van der Waals surface area contributed by atoms with E-state index in [9.17, 15) is 20.0 Å². The van der Waals surface area contributed by atoms with Crippen molar-refractivity contribution >= 4 is 11.7 Å². The van der Waals surface area contributed by atoms with Gasteiger partial charge < -0.3 is 5.11 Å². The van der Waals surface area contributed by atoms with Crippen LogP contribution < -0.4 is 0 Å². The molecule has 0 saturated heterocycles. The van der Waals surface area contributed by atoms with E-state index in [1.165, 1.54) is 0 Å². The number of nitro benzene ring substituents is 1. The van der Waals surface area contributed by atoms with Gasteiger partial charge >= 0.3 is 5.97 Å². The third-order valence-electron chi connectivity index (χ3n) is 3.39. The van der Waals surface area contributed by atoms with Crippen molar-refractivity contribution in [3.63, 3.8) is 0 Å². The molecule has 0 spiro atoms. The minimum Gasteiger partial charge on any atom is -0.481 e. The smallest absolute Gasteiger partial charge is 0.314 e. The number of carboxylic acid groups (broad SMARTS) is 1. The molecule has 0 radical (unpaired) electrons. The van der Waals surface area contributed by atoms with Gasteiger partial charge in [-0.25, -0.2) is 0 Å². The summed E-state index contributed by atoms with van der Waals surface area (Å²) in [6.45, 7) is 3.29. The summed E-state index contributed by atoms with van der Waals surface area (Å²) in [5.74, 6) is -0.842. The summed E-state index contributed by atoms with van der Waals surface area (Å²) >= 11 is 0. The first-order valence-corrected chi connectivity index (χ1v) is 5.38. The SMILES string of the molecule is Cc1cc(C2(C(=O)O)CC2)cc(C)c1[N+](=O)[O-]. The van der Waals surface area contributed by atoms with Crippen molar-refractivity contribution in [1.29, 1.82) is 0 Å². The summed E-state index contributed by atoms with van der Waals surface area (Å²) < 4.78 is 0. The molecule has 1 aromatic rings. The lowest BCUT2D eigenvalue weighted by Crippen LogP contribution is -2.20. The number of carbonyl (C=O) groups is 1. The van der Waals surface area contributed by atoms with Gasteiger partial charge in [-0.15, -0.1) is 0 Å². The van der Waals surface area contributed by atoms with E-state index >= 15 is 0 Å². The van der Waals surface area contributed by atoms with Crippen molar-refractivity contribution in [1.82, 2.24) is 0 Å². The quantitative estimate of drug-likeness (QED) is 0.644. The first-order valence-electron chi connectivity index (χ1n) is 5.38. The maximum atomic E-state index is 11.2. The second kappa shape index (κ2) is 3.55. The zero-order valence-corrected chi connectivity index (χ0v) is 9.69. The van der Waals surface area contributed by atoms with Gasteiger partial charge in [0, 0.05) is 11.1 Å². The van der Waals surface area contributed by atoms with Crippen LogP contribution in [-0.2, 0) is 10.2 Å². The Bertz CT molecular complexity index is 494. The average Bonchev–Trinajstić information content (AvgIpc) is 2.95. The Kier molecular flexibility index (Phi) is 2.41. The van der Waals surface area contributed by atoms with Gasteiger partial charge in [-0.2, -0.15) is 0 Å². The lowest BCUT2D eigenvalue weighted by atomic mass is 9.92. The average molecular weight is 235 g/mol. The Balaban J connectivity index is 2.54. The molecule has 1 saturated carbocycles.